The van der Waals surface area contributed by atoms with Crippen molar-refractivity contribution >= 4 is 18.9 Å². The summed E-state index contributed by atoms with van der Waals surface area (Å²) >= 11 is 5.90. The van der Waals surface area contributed by atoms with Crippen molar-refractivity contribution in [1.82, 2.24) is 4.84 Å². The van der Waals surface area contributed by atoms with Crippen molar-refractivity contribution in [2.45, 2.75) is 58.2 Å². The van der Waals surface area contributed by atoms with E-state index in [9.17, 15) is 0 Å². The van der Waals surface area contributed by atoms with Gasteiger partial charge in [0.25, 0.3) is 0 Å². The Kier molecular flexibility index (Phi) is 4.50. The molecule has 1 aromatic carbocycles. The van der Waals surface area contributed by atoms with Gasteiger partial charge in [-0.15, -0.1) is 0 Å². The molecular formula is C15H23BClNO2. The number of halogens is 1. The molecule has 20 heavy (non-hydrogen) atoms. The summed E-state index contributed by atoms with van der Waals surface area (Å²) in [6.45, 7) is 10.3. The van der Waals surface area contributed by atoms with E-state index < -0.39 is 0 Å². The van der Waals surface area contributed by atoms with Gasteiger partial charge in [-0.1, -0.05) is 29.8 Å². The van der Waals surface area contributed by atoms with Crippen LogP contribution in [0.2, 0.25) is 0 Å². The summed E-state index contributed by atoms with van der Waals surface area (Å²) in [6.07, 6.45) is 0.764. The average Bonchev–Trinajstić information content (AvgIpc) is 2.57. The first-order valence-corrected chi connectivity index (χ1v) is 7.40. The maximum atomic E-state index is 6.04. The van der Waals surface area contributed by atoms with Crippen molar-refractivity contribution in [2.75, 3.05) is 0 Å². The van der Waals surface area contributed by atoms with Crippen molar-refractivity contribution in [1.29, 1.82) is 0 Å². The van der Waals surface area contributed by atoms with Gasteiger partial charge in [0.15, 0.2) is 0 Å². The lowest BCUT2D eigenvalue weighted by atomic mass is 9.75. The second-order valence-corrected chi connectivity index (χ2v) is 6.75. The Bertz CT molecular complexity index is 445. The third kappa shape index (κ3) is 3.20. The van der Waals surface area contributed by atoms with Crippen LogP contribution >= 0.6 is 11.8 Å². The molecule has 0 bridgehead atoms. The zero-order valence-electron chi connectivity index (χ0n) is 12.9. The molecule has 5 heteroatoms. The third-order valence-electron chi connectivity index (χ3n) is 4.32. The van der Waals surface area contributed by atoms with Crippen LogP contribution in [-0.4, -0.2) is 24.3 Å². The monoisotopic (exact) mass is 295 g/mol. The Labute approximate surface area is 127 Å². The standard InChI is InChI=1S/C15H23BClNO2/c1-11-6-8-12(9-7-11)10-13(18-17)16-19-14(2,3)15(4,5)20-16/h6-9,13,18H,10H2,1-5H3/t13-/m0/s1. The normalized spacial score (nSPS) is 22.0. The first-order valence-electron chi connectivity index (χ1n) is 7.02. The van der Waals surface area contributed by atoms with Gasteiger partial charge >= 0.3 is 7.12 Å². The summed E-state index contributed by atoms with van der Waals surface area (Å²) in [5.41, 5.74) is 1.79. The van der Waals surface area contributed by atoms with E-state index in [1.54, 1.807) is 0 Å². The molecule has 1 aliphatic heterocycles. The highest BCUT2D eigenvalue weighted by Gasteiger charge is 2.53. The molecule has 0 saturated carbocycles. The molecule has 0 amide bonds. The number of benzene rings is 1. The van der Waals surface area contributed by atoms with Crippen LogP contribution in [0.1, 0.15) is 38.8 Å². The van der Waals surface area contributed by atoms with Gasteiger partial charge in [-0.3, -0.25) is 0 Å². The topological polar surface area (TPSA) is 30.5 Å². The lowest BCUT2D eigenvalue weighted by Gasteiger charge is -2.32. The molecule has 1 heterocycles. The van der Waals surface area contributed by atoms with E-state index in [1.807, 2.05) is 27.7 Å². The summed E-state index contributed by atoms with van der Waals surface area (Å²) in [5.74, 6) is -0.0829. The van der Waals surface area contributed by atoms with Gasteiger partial charge in [0.1, 0.15) is 0 Å². The molecule has 1 aromatic rings. The summed E-state index contributed by atoms with van der Waals surface area (Å²) in [6, 6.07) is 8.43. The second kappa shape index (κ2) is 5.68. The number of aryl methyl sites for hydroxylation is 1. The molecule has 0 spiro atoms. The van der Waals surface area contributed by atoms with Crippen LogP contribution in [0.25, 0.3) is 0 Å². The Morgan fingerprint density at radius 3 is 2.05 bits per heavy atom. The molecule has 1 atom stereocenters. The zero-order chi connectivity index (χ0) is 15.0. The Morgan fingerprint density at radius 2 is 1.60 bits per heavy atom. The Hall–Kier alpha value is -0.545. The smallest absolute Gasteiger partial charge is 0.402 e. The molecule has 0 aromatic heterocycles. The maximum Gasteiger partial charge on any atom is 0.477 e. The fraction of sp³-hybridized carbons (Fsp3) is 0.600. The molecule has 3 nitrogen and oxygen atoms in total. The molecule has 1 aliphatic rings. The van der Waals surface area contributed by atoms with Crippen molar-refractivity contribution in [3.05, 3.63) is 35.4 Å². The van der Waals surface area contributed by atoms with E-state index in [0.717, 1.165) is 6.42 Å². The van der Waals surface area contributed by atoms with Gasteiger partial charge in [-0.2, -0.15) is 0 Å². The number of hydrogen-bond acceptors (Lipinski definition) is 3. The van der Waals surface area contributed by atoms with Crippen LogP contribution in [0.4, 0.5) is 0 Å². The summed E-state index contributed by atoms with van der Waals surface area (Å²) in [5, 5.41) is 0. The molecule has 1 N–H and O–H groups in total. The van der Waals surface area contributed by atoms with Crippen molar-refractivity contribution < 1.29 is 9.31 Å². The summed E-state index contributed by atoms with van der Waals surface area (Å²) in [7, 11) is -0.348. The molecule has 0 radical (unpaired) electrons. The van der Waals surface area contributed by atoms with Gasteiger partial charge in [0.2, 0.25) is 0 Å². The fourth-order valence-electron chi connectivity index (χ4n) is 2.22. The number of rotatable bonds is 4. The predicted octanol–water partition coefficient (Wildman–Crippen LogP) is 3.28. The molecule has 1 saturated heterocycles. The van der Waals surface area contributed by atoms with Crippen LogP contribution in [0.3, 0.4) is 0 Å². The van der Waals surface area contributed by atoms with E-state index in [0.29, 0.717) is 0 Å². The Morgan fingerprint density at radius 1 is 1.10 bits per heavy atom. The van der Waals surface area contributed by atoms with E-state index in [4.69, 9.17) is 21.1 Å². The zero-order valence-corrected chi connectivity index (χ0v) is 13.6. The van der Waals surface area contributed by atoms with E-state index in [-0.39, 0.29) is 24.3 Å². The molecule has 1 fully saturated rings. The molecule has 110 valence electrons. The van der Waals surface area contributed by atoms with Crippen LogP contribution in [0.5, 0.6) is 0 Å². The largest absolute Gasteiger partial charge is 0.477 e. The third-order valence-corrected chi connectivity index (χ3v) is 4.60. The van der Waals surface area contributed by atoms with E-state index in [2.05, 4.69) is 36.0 Å². The highest BCUT2D eigenvalue weighted by molar-refractivity contribution is 6.48. The lowest BCUT2D eigenvalue weighted by molar-refractivity contribution is 0.00578. The van der Waals surface area contributed by atoms with Crippen molar-refractivity contribution in [3.63, 3.8) is 0 Å². The molecule has 0 unspecified atom stereocenters. The van der Waals surface area contributed by atoms with E-state index in [1.165, 1.54) is 11.1 Å². The summed E-state index contributed by atoms with van der Waals surface area (Å²) in [4.78, 5) is 2.80. The maximum absolute atomic E-state index is 6.04. The number of hydrogen-bond donors (Lipinski definition) is 1. The Balaban J connectivity index is 2.08. The van der Waals surface area contributed by atoms with Gasteiger partial charge in [-0.05, 0) is 58.4 Å². The predicted molar refractivity (Wildman–Crippen MR) is 83.7 cm³/mol. The molecular weight excluding hydrogens is 272 g/mol. The van der Waals surface area contributed by atoms with Gasteiger partial charge < -0.3 is 9.31 Å². The SMILES string of the molecule is Cc1ccc(C[C@H](NCl)B2OC(C)(C)C(C)(C)O2)cc1. The van der Waals surface area contributed by atoms with Crippen LogP contribution in [0.15, 0.2) is 24.3 Å². The van der Waals surface area contributed by atoms with Crippen molar-refractivity contribution in [2.24, 2.45) is 0 Å². The van der Waals surface area contributed by atoms with Crippen LogP contribution < -0.4 is 4.84 Å². The van der Waals surface area contributed by atoms with Gasteiger partial charge in [0, 0.05) is 0 Å². The highest BCUT2D eigenvalue weighted by Crippen LogP contribution is 2.37. The van der Waals surface area contributed by atoms with Crippen LogP contribution in [-0.2, 0) is 15.7 Å². The second-order valence-electron chi connectivity index (χ2n) is 6.53. The van der Waals surface area contributed by atoms with E-state index >= 15 is 0 Å². The summed E-state index contributed by atoms with van der Waals surface area (Å²) < 4.78 is 12.1. The molecule has 0 aliphatic carbocycles. The van der Waals surface area contributed by atoms with Crippen LogP contribution in [0, 0.1) is 6.92 Å². The first-order chi connectivity index (χ1) is 9.25. The van der Waals surface area contributed by atoms with Crippen molar-refractivity contribution in [3.8, 4) is 0 Å². The fourth-order valence-corrected chi connectivity index (χ4v) is 2.40. The number of nitrogens with one attached hydrogen (secondary N) is 1. The van der Waals surface area contributed by atoms with Gasteiger partial charge in [-0.25, -0.2) is 4.84 Å². The molecule has 2 rings (SSSR count). The minimum Gasteiger partial charge on any atom is -0.402 e. The average molecular weight is 296 g/mol. The minimum absolute atomic E-state index is 0.0829. The first kappa shape index (κ1) is 15.8. The minimum atomic E-state index is -0.348. The lowest BCUT2D eigenvalue weighted by Crippen LogP contribution is -2.43. The quantitative estimate of drug-likeness (QED) is 0.683. The van der Waals surface area contributed by atoms with Gasteiger partial charge in [0.05, 0.1) is 17.1 Å². The highest BCUT2D eigenvalue weighted by atomic mass is 35.5.